The molecule has 0 aliphatic carbocycles. The minimum Gasteiger partial charge on any atom is -0.468 e. The first-order valence-electron chi connectivity index (χ1n) is 7.20. The van der Waals surface area contributed by atoms with E-state index in [1.54, 1.807) is 13.0 Å². The highest BCUT2D eigenvalue weighted by atomic mass is 35.5. The van der Waals surface area contributed by atoms with Gasteiger partial charge in [0.25, 0.3) is 0 Å². The molecule has 0 saturated heterocycles. The molecule has 1 aliphatic heterocycles. The molecular formula is C16H20ClNO3. The van der Waals surface area contributed by atoms with Crippen LogP contribution in [0.4, 0.5) is 0 Å². The summed E-state index contributed by atoms with van der Waals surface area (Å²) in [5, 5.41) is 10.3. The molecular weight excluding hydrogens is 290 g/mol. The van der Waals surface area contributed by atoms with Crippen LogP contribution in [0.25, 0.3) is 0 Å². The van der Waals surface area contributed by atoms with Crippen molar-refractivity contribution >= 4 is 23.3 Å². The number of rotatable bonds is 4. The molecule has 0 fully saturated rings. The summed E-state index contributed by atoms with van der Waals surface area (Å²) in [5.41, 5.74) is -0.414. The largest absolute Gasteiger partial charge is 0.468 e. The van der Waals surface area contributed by atoms with Gasteiger partial charge < -0.3 is 9.84 Å². The Kier molecular flexibility index (Phi) is 4.69. The van der Waals surface area contributed by atoms with E-state index in [2.05, 4.69) is 4.99 Å². The average molecular weight is 310 g/mol. The fourth-order valence-electron chi connectivity index (χ4n) is 2.63. The lowest BCUT2D eigenvalue weighted by molar-refractivity contribution is -0.134. The van der Waals surface area contributed by atoms with Crippen molar-refractivity contribution in [1.29, 1.82) is 0 Å². The van der Waals surface area contributed by atoms with E-state index < -0.39 is 17.7 Å². The Balaban J connectivity index is 2.65. The quantitative estimate of drug-likeness (QED) is 0.929. The van der Waals surface area contributed by atoms with Crippen LogP contribution in [0.15, 0.2) is 29.3 Å². The van der Waals surface area contributed by atoms with Crippen molar-refractivity contribution in [2.75, 3.05) is 0 Å². The third-order valence-electron chi connectivity index (χ3n) is 3.82. The number of carbonyl (C=O) groups is 1. The fourth-order valence-corrected chi connectivity index (χ4v) is 2.92. The molecule has 21 heavy (non-hydrogen) atoms. The number of aliphatic hydroxyl groups excluding tert-OH is 1. The highest BCUT2D eigenvalue weighted by Gasteiger charge is 2.48. The minimum atomic E-state index is -1.08. The number of hydrogen-bond acceptors (Lipinski definition) is 4. The molecule has 4 nitrogen and oxygen atoms in total. The topological polar surface area (TPSA) is 58.9 Å². The minimum absolute atomic E-state index is 0.106. The maximum absolute atomic E-state index is 12.9. The van der Waals surface area contributed by atoms with Gasteiger partial charge in [-0.1, -0.05) is 43.6 Å². The van der Waals surface area contributed by atoms with E-state index in [0.29, 0.717) is 23.4 Å². The van der Waals surface area contributed by atoms with Gasteiger partial charge in [-0.15, -0.1) is 0 Å². The Morgan fingerprint density at radius 1 is 1.43 bits per heavy atom. The summed E-state index contributed by atoms with van der Waals surface area (Å²) in [6.07, 6.45) is -0.480. The predicted molar refractivity (Wildman–Crippen MR) is 82.7 cm³/mol. The first kappa shape index (κ1) is 16.0. The first-order chi connectivity index (χ1) is 9.96. The van der Waals surface area contributed by atoms with Gasteiger partial charge in [0.2, 0.25) is 11.7 Å². The fraction of sp³-hybridized carbons (Fsp3) is 0.500. The van der Waals surface area contributed by atoms with Crippen molar-refractivity contribution in [3.63, 3.8) is 0 Å². The lowest BCUT2D eigenvalue weighted by Crippen LogP contribution is -2.49. The highest BCUT2D eigenvalue weighted by molar-refractivity contribution is 6.31. The number of aliphatic imine (C=N–C) groups is 1. The molecule has 1 aromatic rings. The van der Waals surface area contributed by atoms with Crippen LogP contribution in [0.1, 0.15) is 39.2 Å². The lowest BCUT2D eigenvalue weighted by Gasteiger charge is -2.37. The van der Waals surface area contributed by atoms with Crippen LogP contribution >= 0.6 is 11.6 Å². The van der Waals surface area contributed by atoms with Crippen molar-refractivity contribution in [3.8, 4) is 0 Å². The van der Waals surface area contributed by atoms with Crippen molar-refractivity contribution < 1.29 is 14.6 Å². The molecule has 2 rings (SSSR count). The molecule has 0 bridgehead atoms. The van der Waals surface area contributed by atoms with Crippen molar-refractivity contribution in [2.45, 2.75) is 51.4 Å². The summed E-state index contributed by atoms with van der Waals surface area (Å²) in [6.45, 7) is 5.34. The Morgan fingerprint density at radius 2 is 2.10 bits per heavy atom. The summed E-state index contributed by atoms with van der Waals surface area (Å²) >= 11 is 6.28. The second-order valence-electron chi connectivity index (χ2n) is 5.20. The molecule has 0 saturated carbocycles. The van der Waals surface area contributed by atoms with Crippen LogP contribution in [-0.4, -0.2) is 29.0 Å². The SMILES string of the molecule is CCC1OC(C(C)O)=NC(CC)(c2ccccc2Cl)C1=O. The Hall–Kier alpha value is -1.39. The molecule has 1 N–H and O–H groups in total. The maximum atomic E-state index is 12.9. The van der Waals surface area contributed by atoms with Crippen LogP contribution in [-0.2, 0) is 15.1 Å². The number of hydrogen-bond donors (Lipinski definition) is 1. The van der Waals surface area contributed by atoms with Gasteiger partial charge in [-0.05, 0) is 25.8 Å². The van der Waals surface area contributed by atoms with E-state index in [9.17, 15) is 9.90 Å². The van der Waals surface area contributed by atoms with Crippen LogP contribution in [0.5, 0.6) is 0 Å². The van der Waals surface area contributed by atoms with Gasteiger partial charge in [0, 0.05) is 10.6 Å². The normalized spacial score (nSPS) is 27.0. The smallest absolute Gasteiger partial charge is 0.214 e. The summed E-state index contributed by atoms with van der Waals surface area (Å²) in [7, 11) is 0. The Bertz CT molecular complexity index is 570. The molecule has 3 unspecified atom stereocenters. The predicted octanol–water partition coefficient (Wildman–Crippen LogP) is 3.10. The van der Waals surface area contributed by atoms with E-state index in [1.165, 1.54) is 0 Å². The van der Waals surface area contributed by atoms with Gasteiger partial charge >= 0.3 is 0 Å². The standard InChI is InChI=1S/C16H20ClNO3/c1-4-13-14(20)16(5-2,18-15(21-13)10(3)19)11-8-6-7-9-12(11)17/h6-10,13,19H,4-5H2,1-3H3. The third-order valence-corrected chi connectivity index (χ3v) is 4.15. The summed E-state index contributed by atoms with van der Waals surface area (Å²) < 4.78 is 5.54. The number of aliphatic hydroxyl groups is 1. The zero-order valence-electron chi connectivity index (χ0n) is 12.5. The zero-order chi connectivity index (χ0) is 15.6. The van der Waals surface area contributed by atoms with Crippen molar-refractivity contribution in [1.82, 2.24) is 0 Å². The first-order valence-corrected chi connectivity index (χ1v) is 7.57. The molecule has 1 heterocycles. The lowest BCUT2D eigenvalue weighted by atomic mass is 9.80. The number of nitrogens with zero attached hydrogens (tertiary/aromatic N) is 1. The zero-order valence-corrected chi connectivity index (χ0v) is 13.2. The Morgan fingerprint density at radius 3 is 2.62 bits per heavy atom. The van der Waals surface area contributed by atoms with E-state index >= 15 is 0 Å². The number of Topliss-reactive ketones (excluding diaryl/α,β-unsaturated/α-hetero) is 1. The average Bonchev–Trinajstić information content (AvgIpc) is 2.48. The van der Waals surface area contributed by atoms with Crippen LogP contribution in [0.3, 0.4) is 0 Å². The molecule has 3 atom stereocenters. The molecule has 114 valence electrons. The van der Waals surface area contributed by atoms with Gasteiger partial charge in [-0.2, -0.15) is 0 Å². The van der Waals surface area contributed by atoms with Gasteiger partial charge in [0.15, 0.2) is 11.6 Å². The molecule has 1 aliphatic rings. The molecule has 0 aromatic heterocycles. The van der Waals surface area contributed by atoms with Gasteiger partial charge in [0.1, 0.15) is 6.10 Å². The highest BCUT2D eigenvalue weighted by Crippen LogP contribution is 2.40. The molecule has 1 aromatic carbocycles. The maximum Gasteiger partial charge on any atom is 0.214 e. The third kappa shape index (κ3) is 2.70. The van der Waals surface area contributed by atoms with Gasteiger partial charge in [0.05, 0.1) is 0 Å². The monoisotopic (exact) mass is 309 g/mol. The summed E-state index contributed by atoms with van der Waals surface area (Å²) in [6, 6.07) is 7.20. The Labute approximate surface area is 129 Å². The van der Waals surface area contributed by atoms with E-state index in [4.69, 9.17) is 16.3 Å². The van der Waals surface area contributed by atoms with Crippen LogP contribution in [0.2, 0.25) is 5.02 Å². The number of carbonyl (C=O) groups excluding carboxylic acids is 1. The molecule has 0 radical (unpaired) electrons. The molecule has 5 heteroatoms. The van der Waals surface area contributed by atoms with E-state index in [1.807, 2.05) is 32.0 Å². The summed E-state index contributed by atoms with van der Waals surface area (Å²) in [4.78, 5) is 17.3. The van der Waals surface area contributed by atoms with E-state index in [0.717, 1.165) is 0 Å². The second-order valence-corrected chi connectivity index (χ2v) is 5.61. The number of halogens is 1. The van der Waals surface area contributed by atoms with Crippen LogP contribution < -0.4 is 0 Å². The number of benzene rings is 1. The van der Waals surface area contributed by atoms with Gasteiger partial charge in [-0.25, -0.2) is 4.99 Å². The van der Waals surface area contributed by atoms with Crippen LogP contribution in [0, 0.1) is 0 Å². The van der Waals surface area contributed by atoms with E-state index in [-0.39, 0.29) is 11.7 Å². The summed E-state index contributed by atoms with van der Waals surface area (Å²) in [5.74, 6) is 0.0909. The molecule has 0 amide bonds. The second kappa shape index (κ2) is 6.16. The van der Waals surface area contributed by atoms with Crippen molar-refractivity contribution in [2.24, 2.45) is 4.99 Å². The van der Waals surface area contributed by atoms with Gasteiger partial charge in [-0.3, -0.25) is 4.79 Å². The molecule has 0 spiro atoms. The number of ketones is 1. The van der Waals surface area contributed by atoms with Crippen molar-refractivity contribution in [3.05, 3.63) is 34.9 Å². The number of ether oxygens (including phenoxy) is 1.